The Labute approximate surface area is 142 Å². The van der Waals surface area contributed by atoms with Crippen molar-refractivity contribution in [2.24, 2.45) is 5.92 Å². The maximum absolute atomic E-state index is 10.8. The third kappa shape index (κ3) is 14.4. The third-order valence-electron chi connectivity index (χ3n) is 4.10. The van der Waals surface area contributed by atoms with Crippen LogP contribution in [0.5, 0.6) is 0 Å². The average molecular weight is 331 g/mol. The van der Waals surface area contributed by atoms with Crippen LogP contribution in [0, 0.1) is 5.92 Å². The predicted molar refractivity (Wildman–Crippen MR) is 96.7 cm³/mol. The Morgan fingerprint density at radius 1 is 0.909 bits per heavy atom. The summed E-state index contributed by atoms with van der Waals surface area (Å²) in [6, 6.07) is 0. The predicted octanol–water partition coefficient (Wildman–Crippen LogP) is 6.57. The second kappa shape index (κ2) is 16.9. The minimum Gasteiger partial charge on any atom is -0.481 e. The zero-order chi connectivity index (χ0) is 16.5. The van der Waals surface area contributed by atoms with Crippen LogP contribution in [0.15, 0.2) is 12.2 Å². The van der Waals surface area contributed by atoms with E-state index in [4.69, 9.17) is 16.7 Å². The van der Waals surface area contributed by atoms with Gasteiger partial charge < -0.3 is 5.11 Å². The highest BCUT2D eigenvalue weighted by molar-refractivity contribution is 6.19. The number of carboxylic acid groups (broad SMARTS) is 1. The van der Waals surface area contributed by atoms with Crippen molar-refractivity contribution in [1.29, 1.82) is 0 Å². The molecular formula is C19H35ClO2. The standard InChI is InChI=1S/C19H35ClO2/c1-2-3-4-5-6-7-8-9-10-11-12-13-14-15-16-18(17-20)19(21)22/h9-10,18H,2-8,11-17H2,1H3,(H,21,22). The Bertz CT molecular complexity index is 277. The molecule has 0 aromatic carbocycles. The van der Waals surface area contributed by atoms with Gasteiger partial charge in [0.25, 0.3) is 0 Å². The van der Waals surface area contributed by atoms with Crippen molar-refractivity contribution in [3.8, 4) is 0 Å². The van der Waals surface area contributed by atoms with Gasteiger partial charge >= 0.3 is 5.97 Å². The molecule has 0 fully saturated rings. The minimum absolute atomic E-state index is 0.233. The van der Waals surface area contributed by atoms with Crippen LogP contribution in [0.4, 0.5) is 0 Å². The lowest BCUT2D eigenvalue weighted by Crippen LogP contribution is -2.14. The molecule has 0 aromatic heterocycles. The minimum atomic E-state index is -0.757. The van der Waals surface area contributed by atoms with Gasteiger partial charge in [0.15, 0.2) is 0 Å². The van der Waals surface area contributed by atoms with Crippen LogP contribution >= 0.6 is 11.6 Å². The Hall–Kier alpha value is -0.500. The first-order valence-corrected chi connectivity index (χ1v) is 9.69. The lowest BCUT2D eigenvalue weighted by Gasteiger charge is -2.07. The summed E-state index contributed by atoms with van der Waals surface area (Å²) in [7, 11) is 0. The third-order valence-corrected chi connectivity index (χ3v) is 4.47. The molecule has 0 amide bonds. The summed E-state index contributed by atoms with van der Waals surface area (Å²) in [5, 5.41) is 8.88. The molecule has 0 aliphatic heterocycles. The number of hydrogen-bond acceptors (Lipinski definition) is 1. The first kappa shape index (κ1) is 21.5. The first-order valence-electron chi connectivity index (χ1n) is 9.16. The summed E-state index contributed by atoms with van der Waals surface area (Å²) in [4.78, 5) is 10.8. The molecule has 0 heterocycles. The Morgan fingerprint density at radius 2 is 1.41 bits per heavy atom. The number of aliphatic carboxylic acids is 1. The number of carboxylic acids is 1. The molecule has 0 radical (unpaired) electrons. The molecule has 0 spiro atoms. The zero-order valence-corrected chi connectivity index (χ0v) is 15.1. The molecule has 1 atom stereocenters. The van der Waals surface area contributed by atoms with Crippen molar-refractivity contribution in [2.75, 3.05) is 5.88 Å². The molecule has 0 aliphatic rings. The van der Waals surface area contributed by atoms with E-state index in [1.165, 1.54) is 57.8 Å². The van der Waals surface area contributed by atoms with E-state index < -0.39 is 5.97 Å². The van der Waals surface area contributed by atoms with E-state index in [0.29, 0.717) is 6.42 Å². The molecule has 0 saturated heterocycles. The molecule has 0 saturated carbocycles. The van der Waals surface area contributed by atoms with Crippen molar-refractivity contribution in [1.82, 2.24) is 0 Å². The fourth-order valence-corrected chi connectivity index (χ4v) is 2.84. The van der Waals surface area contributed by atoms with Gasteiger partial charge in [-0.3, -0.25) is 4.79 Å². The summed E-state index contributed by atoms with van der Waals surface area (Å²) in [5.74, 6) is -0.886. The van der Waals surface area contributed by atoms with E-state index >= 15 is 0 Å². The Balaban J connectivity index is 3.25. The van der Waals surface area contributed by atoms with Gasteiger partial charge in [-0.1, -0.05) is 70.4 Å². The highest BCUT2D eigenvalue weighted by atomic mass is 35.5. The van der Waals surface area contributed by atoms with Crippen molar-refractivity contribution >= 4 is 17.6 Å². The maximum atomic E-state index is 10.8. The highest BCUT2D eigenvalue weighted by Gasteiger charge is 2.14. The lowest BCUT2D eigenvalue weighted by atomic mass is 10.0. The van der Waals surface area contributed by atoms with E-state index in [1.54, 1.807) is 0 Å². The van der Waals surface area contributed by atoms with Crippen molar-refractivity contribution in [2.45, 2.75) is 90.4 Å². The summed E-state index contributed by atoms with van der Waals surface area (Å²) in [6.45, 7) is 2.26. The monoisotopic (exact) mass is 330 g/mol. The van der Waals surface area contributed by atoms with Gasteiger partial charge in [0, 0.05) is 5.88 Å². The van der Waals surface area contributed by atoms with Crippen molar-refractivity contribution in [3.05, 3.63) is 12.2 Å². The van der Waals surface area contributed by atoms with Crippen LogP contribution < -0.4 is 0 Å². The normalized spacial score (nSPS) is 12.8. The topological polar surface area (TPSA) is 37.3 Å². The number of alkyl halides is 1. The number of unbranched alkanes of at least 4 members (excludes halogenated alkanes) is 10. The number of hydrogen-bond donors (Lipinski definition) is 1. The quantitative estimate of drug-likeness (QED) is 0.197. The SMILES string of the molecule is CCCCCCCCC=CCCCCCCC(CCl)C(=O)O. The number of allylic oxidation sites excluding steroid dienone is 2. The molecule has 130 valence electrons. The van der Waals surface area contributed by atoms with Crippen LogP contribution in [0.25, 0.3) is 0 Å². The second-order valence-electron chi connectivity index (χ2n) is 6.21. The van der Waals surface area contributed by atoms with Gasteiger partial charge in [0.05, 0.1) is 5.92 Å². The van der Waals surface area contributed by atoms with Gasteiger partial charge in [0.1, 0.15) is 0 Å². The number of rotatable bonds is 16. The van der Waals surface area contributed by atoms with Crippen LogP contribution in [0.2, 0.25) is 0 Å². The van der Waals surface area contributed by atoms with Gasteiger partial charge in [-0.05, 0) is 32.1 Å². The smallest absolute Gasteiger partial charge is 0.307 e. The number of halogens is 1. The molecule has 22 heavy (non-hydrogen) atoms. The van der Waals surface area contributed by atoms with Crippen LogP contribution in [0.3, 0.4) is 0 Å². The molecule has 0 aromatic rings. The van der Waals surface area contributed by atoms with Crippen LogP contribution in [-0.4, -0.2) is 17.0 Å². The van der Waals surface area contributed by atoms with Crippen molar-refractivity contribution in [3.63, 3.8) is 0 Å². The fourth-order valence-electron chi connectivity index (χ4n) is 2.55. The average Bonchev–Trinajstić information content (AvgIpc) is 2.51. The zero-order valence-electron chi connectivity index (χ0n) is 14.4. The van der Waals surface area contributed by atoms with Gasteiger partial charge in [-0.25, -0.2) is 0 Å². The maximum Gasteiger partial charge on any atom is 0.307 e. The molecule has 1 unspecified atom stereocenters. The highest BCUT2D eigenvalue weighted by Crippen LogP contribution is 2.14. The fraction of sp³-hybridized carbons (Fsp3) is 0.842. The van der Waals surface area contributed by atoms with E-state index in [-0.39, 0.29) is 11.8 Å². The molecule has 0 rings (SSSR count). The molecule has 0 bridgehead atoms. The molecule has 0 aliphatic carbocycles. The van der Waals surface area contributed by atoms with E-state index in [1.807, 2.05) is 0 Å². The summed E-state index contributed by atoms with van der Waals surface area (Å²) >= 11 is 5.63. The Kier molecular flexibility index (Phi) is 16.5. The summed E-state index contributed by atoms with van der Waals surface area (Å²) < 4.78 is 0. The molecule has 1 N–H and O–H groups in total. The van der Waals surface area contributed by atoms with Gasteiger partial charge in [0.2, 0.25) is 0 Å². The largest absolute Gasteiger partial charge is 0.481 e. The molecule has 3 heteroatoms. The summed E-state index contributed by atoms with van der Waals surface area (Å²) in [5.41, 5.74) is 0. The number of carbonyl (C=O) groups is 1. The van der Waals surface area contributed by atoms with Gasteiger partial charge in [-0.15, -0.1) is 11.6 Å². The molecule has 2 nitrogen and oxygen atoms in total. The lowest BCUT2D eigenvalue weighted by molar-refractivity contribution is -0.141. The van der Waals surface area contributed by atoms with E-state index in [2.05, 4.69) is 19.1 Å². The Morgan fingerprint density at radius 3 is 1.91 bits per heavy atom. The van der Waals surface area contributed by atoms with E-state index in [0.717, 1.165) is 19.3 Å². The van der Waals surface area contributed by atoms with E-state index in [9.17, 15) is 4.79 Å². The van der Waals surface area contributed by atoms with Crippen molar-refractivity contribution < 1.29 is 9.90 Å². The second-order valence-corrected chi connectivity index (χ2v) is 6.52. The first-order chi connectivity index (χ1) is 10.7. The van der Waals surface area contributed by atoms with Gasteiger partial charge in [-0.2, -0.15) is 0 Å². The van der Waals surface area contributed by atoms with Crippen LogP contribution in [0.1, 0.15) is 90.4 Å². The summed E-state index contributed by atoms with van der Waals surface area (Å²) in [6.07, 6.45) is 20.4. The molecular weight excluding hydrogens is 296 g/mol. The van der Waals surface area contributed by atoms with Crippen LogP contribution in [-0.2, 0) is 4.79 Å².